The van der Waals surface area contributed by atoms with Crippen molar-refractivity contribution in [2.75, 3.05) is 33.0 Å². The van der Waals surface area contributed by atoms with Gasteiger partial charge in [-0.3, -0.25) is 14.5 Å². The maximum Gasteiger partial charge on any atom is 0.294 e. The Morgan fingerprint density at radius 1 is 0.925 bits per heavy atom. The fourth-order valence-electron chi connectivity index (χ4n) is 4.96. The zero-order chi connectivity index (χ0) is 28.1. The van der Waals surface area contributed by atoms with Crippen molar-refractivity contribution in [2.45, 2.75) is 6.04 Å². The van der Waals surface area contributed by atoms with Gasteiger partial charge in [0.2, 0.25) is 12.6 Å². The first-order valence-corrected chi connectivity index (χ1v) is 12.4. The summed E-state index contributed by atoms with van der Waals surface area (Å²) in [7, 11) is 4.43. The SMILES string of the molecule is COc1ccc(C2C(C(=O)c3cc4cc(Cl)cc(OC)c4o3)=C(O)C(=O)N2c2ccc3c(c2)OCO3)cc1OC. The molecule has 1 unspecified atom stereocenters. The van der Waals surface area contributed by atoms with Crippen molar-refractivity contribution >= 4 is 39.9 Å². The Balaban J connectivity index is 1.51. The van der Waals surface area contributed by atoms with Gasteiger partial charge >= 0.3 is 0 Å². The molecule has 1 atom stereocenters. The topological polar surface area (TPSA) is 117 Å². The molecular weight excluding hydrogens is 542 g/mol. The molecule has 0 saturated heterocycles. The number of benzene rings is 3. The molecule has 11 heteroatoms. The van der Waals surface area contributed by atoms with Crippen LogP contribution in [0.5, 0.6) is 28.7 Å². The van der Waals surface area contributed by atoms with Gasteiger partial charge in [0.05, 0.1) is 32.9 Å². The quantitative estimate of drug-likeness (QED) is 0.286. The molecule has 0 bridgehead atoms. The van der Waals surface area contributed by atoms with Crippen LogP contribution >= 0.6 is 11.6 Å². The number of Topliss-reactive ketones (excluding diaryl/α,β-unsaturated/α-hetero) is 1. The van der Waals surface area contributed by atoms with Crippen molar-refractivity contribution in [3.63, 3.8) is 0 Å². The Labute approximate surface area is 232 Å². The molecular formula is C29H22ClNO9. The van der Waals surface area contributed by atoms with E-state index in [2.05, 4.69) is 0 Å². The minimum absolute atomic E-state index is 0.0403. The first-order chi connectivity index (χ1) is 19.3. The number of rotatable bonds is 7. The van der Waals surface area contributed by atoms with Gasteiger partial charge < -0.3 is 33.2 Å². The van der Waals surface area contributed by atoms with Crippen molar-refractivity contribution in [2.24, 2.45) is 0 Å². The van der Waals surface area contributed by atoms with E-state index in [9.17, 15) is 14.7 Å². The van der Waals surface area contributed by atoms with Crippen molar-refractivity contribution in [1.82, 2.24) is 0 Å². The fraction of sp³-hybridized carbons (Fsp3) is 0.172. The summed E-state index contributed by atoms with van der Waals surface area (Å²) < 4.78 is 33.0. The number of halogens is 1. The number of fused-ring (bicyclic) bond motifs is 2. The van der Waals surface area contributed by atoms with E-state index in [1.54, 1.807) is 48.5 Å². The van der Waals surface area contributed by atoms with Gasteiger partial charge in [0.25, 0.3) is 5.91 Å². The summed E-state index contributed by atoms with van der Waals surface area (Å²) in [5.41, 5.74) is 0.975. The van der Waals surface area contributed by atoms with Crippen molar-refractivity contribution in [3.05, 3.63) is 82.3 Å². The van der Waals surface area contributed by atoms with Crippen molar-refractivity contribution in [3.8, 4) is 28.7 Å². The highest BCUT2D eigenvalue weighted by molar-refractivity contribution is 6.31. The van der Waals surface area contributed by atoms with E-state index in [0.29, 0.717) is 56.0 Å². The summed E-state index contributed by atoms with van der Waals surface area (Å²) in [6.45, 7) is 0.0403. The van der Waals surface area contributed by atoms with Gasteiger partial charge in [-0.05, 0) is 42.0 Å². The monoisotopic (exact) mass is 563 g/mol. The number of ether oxygens (including phenoxy) is 5. The Hall–Kier alpha value is -4.83. The summed E-state index contributed by atoms with van der Waals surface area (Å²) >= 11 is 6.20. The van der Waals surface area contributed by atoms with E-state index in [1.165, 1.54) is 32.3 Å². The molecule has 2 aliphatic heterocycles. The number of carbonyl (C=O) groups is 2. The van der Waals surface area contributed by atoms with Crippen LogP contribution in [0.1, 0.15) is 22.2 Å². The number of nitrogens with zero attached hydrogens (tertiary/aromatic N) is 1. The number of carbonyl (C=O) groups excluding carboxylic acids is 2. The number of aliphatic hydroxyl groups is 1. The van der Waals surface area contributed by atoms with Gasteiger partial charge in [-0.1, -0.05) is 17.7 Å². The van der Waals surface area contributed by atoms with Gasteiger partial charge in [0.1, 0.15) is 0 Å². The minimum Gasteiger partial charge on any atom is -0.503 e. The van der Waals surface area contributed by atoms with Crippen LogP contribution in [-0.4, -0.2) is 44.9 Å². The Morgan fingerprint density at radius 2 is 1.68 bits per heavy atom. The predicted octanol–water partition coefficient (Wildman–Crippen LogP) is 5.62. The standard InChI is InChI=1S/C29H22ClNO9/c1-35-18-6-4-14(9-20(18)36-2)25-24(26(32)22-10-15-8-16(30)11-23(37-3)28(15)40-22)27(33)29(34)31(25)17-5-7-19-21(12-17)39-13-38-19/h4-12,25,33H,13H2,1-3H3. The number of anilines is 1. The molecule has 6 rings (SSSR count). The number of methoxy groups -OCH3 is 3. The van der Waals surface area contributed by atoms with E-state index in [1.807, 2.05) is 0 Å². The second-order valence-corrected chi connectivity index (χ2v) is 9.39. The largest absolute Gasteiger partial charge is 0.503 e. The number of ketones is 1. The third kappa shape index (κ3) is 3.95. The van der Waals surface area contributed by atoms with E-state index < -0.39 is 23.5 Å². The van der Waals surface area contributed by atoms with Crippen molar-refractivity contribution < 1.29 is 42.8 Å². The number of amides is 1. The van der Waals surface area contributed by atoms with E-state index >= 15 is 0 Å². The molecule has 1 aromatic heterocycles. The van der Waals surface area contributed by atoms with Crippen LogP contribution < -0.4 is 28.6 Å². The molecule has 2 aliphatic rings. The normalized spacial score (nSPS) is 16.1. The molecule has 10 nitrogen and oxygen atoms in total. The van der Waals surface area contributed by atoms with Gasteiger partial charge in [-0.2, -0.15) is 0 Å². The molecule has 4 aromatic rings. The maximum atomic E-state index is 14.0. The van der Waals surface area contributed by atoms with Gasteiger partial charge in [0, 0.05) is 28.2 Å². The lowest BCUT2D eigenvalue weighted by Gasteiger charge is -2.27. The molecule has 0 saturated carbocycles. The molecule has 1 amide bonds. The zero-order valence-corrected chi connectivity index (χ0v) is 22.3. The Morgan fingerprint density at radius 3 is 2.42 bits per heavy atom. The van der Waals surface area contributed by atoms with Crippen LogP contribution in [0.4, 0.5) is 5.69 Å². The highest BCUT2D eigenvalue weighted by Gasteiger charge is 2.46. The Bertz CT molecular complexity index is 1720. The minimum atomic E-state index is -1.06. The number of aliphatic hydroxyl groups excluding tert-OH is 1. The highest BCUT2D eigenvalue weighted by Crippen LogP contribution is 2.46. The summed E-state index contributed by atoms with van der Waals surface area (Å²) in [4.78, 5) is 28.9. The van der Waals surface area contributed by atoms with Crippen LogP contribution in [0.15, 0.2) is 70.3 Å². The summed E-state index contributed by atoms with van der Waals surface area (Å²) in [5, 5.41) is 12.1. The lowest BCUT2D eigenvalue weighted by molar-refractivity contribution is -0.117. The number of hydrogen-bond acceptors (Lipinski definition) is 9. The second-order valence-electron chi connectivity index (χ2n) is 8.96. The van der Waals surface area contributed by atoms with E-state index in [0.717, 1.165) is 0 Å². The molecule has 3 heterocycles. The average molecular weight is 564 g/mol. The van der Waals surface area contributed by atoms with E-state index in [-0.39, 0.29) is 18.1 Å². The lowest BCUT2D eigenvalue weighted by atomic mass is 9.94. The van der Waals surface area contributed by atoms with Gasteiger partial charge in [-0.15, -0.1) is 0 Å². The van der Waals surface area contributed by atoms with Crippen LogP contribution in [0.3, 0.4) is 0 Å². The predicted molar refractivity (Wildman–Crippen MR) is 144 cm³/mol. The first-order valence-electron chi connectivity index (χ1n) is 12.0. The molecule has 0 radical (unpaired) electrons. The average Bonchev–Trinajstić information content (AvgIpc) is 3.67. The zero-order valence-electron chi connectivity index (χ0n) is 21.5. The smallest absolute Gasteiger partial charge is 0.294 e. The molecule has 0 spiro atoms. The molecule has 204 valence electrons. The third-order valence-electron chi connectivity index (χ3n) is 6.80. The summed E-state index contributed by atoms with van der Waals surface area (Å²) in [6.07, 6.45) is 0. The van der Waals surface area contributed by atoms with E-state index in [4.69, 9.17) is 39.7 Å². The first kappa shape index (κ1) is 25.4. The Kier molecular flexibility index (Phi) is 6.19. The molecule has 0 fully saturated rings. The molecule has 40 heavy (non-hydrogen) atoms. The fourth-order valence-corrected chi connectivity index (χ4v) is 5.18. The molecule has 3 aromatic carbocycles. The highest BCUT2D eigenvalue weighted by atomic mass is 35.5. The maximum absolute atomic E-state index is 14.0. The molecule has 1 N–H and O–H groups in total. The summed E-state index contributed by atoms with van der Waals surface area (Å²) in [5.74, 6) is -0.191. The number of hydrogen-bond donors (Lipinski definition) is 1. The third-order valence-corrected chi connectivity index (χ3v) is 7.02. The van der Waals surface area contributed by atoms with Gasteiger partial charge in [0.15, 0.2) is 45.8 Å². The van der Waals surface area contributed by atoms with Crippen LogP contribution in [0.2, 0.25) is 5.02 Å². The molecule has 0 aliphatic carbocycles. The summed E-state index contributed by atoms with van der Waals surface area (Å²) in [6, 6.07) is 13.5. The van der Waals surface area contributed by atoms with Crippen LogP contribution in [0, 0.1) is 0 Å². The lowest BCUT2D eigenvalue weighted by Crippen LogP contribution is -2.31. The second kappa shape index (κ2) is 9.73. The van der Waals surface area contributed by atoms with Gasteiger partial charge in [-0.25, -0.2) is 0 Å². The van der Waals surface area contributed by atoms with Crippen LogP contribution in [-0.2, 0) is 4.79 Å². The number of furan rings is 1. The van der Waals surface area contributed by atoms with Crippen molar-refractivity contribution in [1.29, 1.82) is 0 Å². The van der Waals surface area contributed by atoms with Crippen LogP contribution in [0.25, 0.3) is 11.0 Å².